The van der Waals surface area contributed by atoms with E-state index in [0.717, 1.165) is 0 Å². The van der Waals surface area contributed by atoms with Gasteiger partial charge in [0.25, 0.3) is 0 Å². The Morgan fingerprint density at radius 1 is 0.917 bits per heavy atom. The molecule has 0 nitrogen and oxygen atoms in total. The quantitative estimate of drug-likeness (QED) is 0.463. The first-order chi connectivity index (χ1) is 5.95. The Hall–Kier alpha value is -1.56. The molecule has 0 bridgehead atoms. The average molecular weight is 151 g/mol. The van der Waals surface area contributed by atoms with Crippen molar-refractivity contribution in [2.45, 2.75) is 0 Å². The van der Waals surface area contributed by atoms with Gasteiger partial charge in [0.15, 0.2) is 0 Å². The molecule has 0 aromatic heterocycles. The van der Waals surface area contributed by atoms with Crippen LogP contribution in [-0.2, 0) is 0 Å². The fourth-order valence-corrected chi connectivity index (χ4v) is 1.77. The maximum atomic E-state index is 3.25. The molecule has 0 heterocycles. The van der Waals surface area contributed by atoms with Crippen LogP contribution in [0.5, 0.6) is 0 Å². The minimum absolute atomic E-state index is 1.23. The monoisotopic (exact) mass is 151 g/mol. The molecule has 0 amide bonds. The summed E-state index contributed by atoms with van der Waals surface area (Å²) in [5, 5.41) is 2.66. The third-order valence-corrected chi connectivity index (χ3v) is 2.32. The van der Waals surface area contributed by atoms with Gasteiger partial charge in [-0.3, -0.25) is 0 Å². The Morgan fingerprint density at radius 2 is 1.75 bits per heavy atom. The topological polar surface area (TPSA) is 0 Å². The highest BCUT2D eigenvalue weighted by Crippen LogP contribution is 2.28. The molecule has 0 spiro atoms. The maximum absolute atomic E-state index is 3.25. The fourth-order valence-electron chi connectivity index (χ4n) is 1.77. The molecule has 0 saturated carbocycles. The van der Waals surface area contributed by atoms with Gasteiger partial charge in [0.2, 0.25) is 0 Å². The third kappa shape index (κ3) is 0.620. The van der Waals surface area contributed by atoms with Crippen molar-refractivity contribution in [1.82, 2.24) is 0 Å². The highest BCUT2D eigenvalue weighted by Gasteiger charge is 2.06. The van der Waals surface area contributed by atoms with Crippen LogP contribution in [0.25, 0.3) is 16.8 Å². The SMILES string of the molecule is [C]1=Cc2cccc3cccc1c23. The molecule has 0 heteroatoms. The molecule has 0 unspecified atom stereocenters. The van der Waals surface area contributed by atoms with Gasteiger partial charge in [-0.1, -0.05) is 36.4 Å². The molecule has 12 heavy (non-hydrogen) atoms. The average Bonchev–Trinajstić information content (AvgIpc) is 2.52. The second-order valence-electron chi connectivity index (χ2n) is 3.04. The number of hydrogen-bond acceptors (Lipinski definition) is 0. The first-order valence-corrected chi connectivity index (χ1v) is 4.07. The van der Waals surface area contributed by atoms with Gasteiger partial charge < -0.3 is 0 Å². The predicted molar refractivity (Wildman–Crippen MR) is 50.8 cm³/mol. The summed E-state index contributed by atoms with van der Waals surface area (Å²) >= 11 is 0. The Labute approximate surface area is 71.1 Å². The molecule has 1 aliphatic carbocycles. The van der Waals surface area contributed by atoms with E-state index < -0.39 is 0 Å². The van der Waals surface area contributed by atoms with E-state index in [1.807, 2.05) is 0 Å². The summed E-state index contributed by atoms with van der Waals surface area (Å²) < 4.78 is 0. The Bertz CT molecular complexity index is 438. The summed E-state index contributed by atoms with van der Waals surface area (Å²) in [5.41, 5.74) is 2.52. The number of hydrogen-bond donors (Lipinski definition) is 0. The lowest BCUT2D eigenvalue weighted by molar-refractivity contribution is 1.69. The van der Waals surface area contributed by atoms with Crippen LogP contribution in [0.3, 0.4) is 0 Å². The zero-order valence-corrected chi connectivity index (χ0v) is 6.54. The van der Waals surface area contributed by atoms with E-state index in [9.17, 15) is 0 Å². The zero-order chi connectivity index (χ0) is 7.97. The van der Waals surface area contributed by atoms with Crippen molar-refractivity contribution in [2.75, 3.05) is 0 Å². The predicted octanol–water partition coefficient (Wildman–Crippen LogP) is 3.02. The summed E-state index contributed by atoms with van der Waals surface area (Å²) in [6.07, 6.45) is 5.30. The van der Waals surface area contributed by atoms with Gasteiger partial charge >= 0.3 is 0 Å². The molecule has 2 aromatic rings. The van der Waals surface area contributed by atoms with Crippen LogP contribution in [0.2, 0.25) is 0 Å². The van der Waals surface area contributed by atoms with Crippen LogP contribution in [0.15, 0.2) is 36.4 Å². The molecule has 3 rings (SSSR count). The smallest absolute Gasteiger partial charge is 0.00324 e. The molecule has 1 radical (unpaired) electrons. The van der Waals surface area contributed by atoms with Gasteiger partial charge in [-0.25, -0.2) is 0 Å². The molecular weight excluding hydrogens is 144 g/mol. The molecule has 0 N–H and O–H groups in total. The normalized spacial score (nSPS) is 12.7. The van der Waals surface area contributed by atoms with Crippen LogP contribution < -0.4 is 0 Å². The van der Waals surface area contributed by atoms with Crippen LogP contribution in [-0.4, -0.2) is 0 Å². The summed E-state index contributed by atoms with van der Waals surface area (Å²) in [4.78, 5) is 0. The Morgan fingerprint density at radius 3 is 2.67 bits per heavy atom. The van der Waals surface area contributed by atoms with Crippen molar-refractivity contribution in [3.05, 3.63) is 53.6 Å². The molecule has 0 aliphatic heterocycles. The van der Waals surface area contributed by atoms with Gasteiger partial charge in [-0.05, 0) is 34.1 Å². The molecule has 0 fully saturated rings. The summed E-state index contributed by atoms with van der Waals surface area (Å²) in [7, 11) is 0. The lowest BCUT2D eigenvalue weighted by atomic mass is 10.0. The summed E-state index contributed by atoms with van der Waals surface area (Å²) in [6.45, 7) is 0. The van der Waals surface area contributed by atoms with E-state index in [1.54, 1.807) is 0 Å². The van der Waals surface area contributed by atoms with Crippen molar-refractivity contribution in [1.29, 1.82) is 0 Å². The fraction of sp³-hybridized carbons (Fsp3) is 0. The van der Waals surface area contributed by atoms with E-state index in [-0.39, 0.29) is 0 Å². The van der Waals surface area contributed by atoms with Crippen LogP contribution >= 0.6 is 0 Å². The minimum atomic E-state index is 1.23. The maximum Gasteiger partial charge on any atom is -0.00324 e. The molecular formula is C12H7. The molecule has 1 aliphatic rings. The van der Waals surface area contributed by atoms with Crippen LogP contribution in [0.1, 0.15) is 11.1 Å². The van der Waals surface area contributed by atoms with Crippen molar-refractivity contribution < 1.29 is 0 Å². The first-order valence-electron chi connectivity index (χ1n) is 4.07. The highest BCUT2D eigenvalue weighted by molar-refractivity contribution is 5.97. The van der Waals surface area contributed by atoms with E-state index >= 15 is 0 Å². The zero-order valence-electron chi connectivity index (χ0n) is 6.54. The van der Waals surface area contributed by atoms with E-state index in [0.29, 0.717) is 0 Å². The summed E-state index contributed by atoms with van der Waals surface area (Å²) in [6, 6.07) is 12.7. The van der Waals surface area contributed by atoms with Crippen LogP contribution in [0.4, 0.5) is 0 Å². The van der Waals surface area contributed by atoms with Gasteiger partial charge in [0.1, 0.15) is 0 Å². The Balaban J connectivity index is 2.64. The number of rotatable bonds is 0. The van der Waals surface area contributed by atoms with Gasteiger partial charge in [-0.2, -0.15) is 0 Å². The highest BCUT2D eigenvalue weighted by atomic mass is 14.1. The van der Waals surface area contributed by atoms with Gasteiger partial charge in [0.05, 0.1) is 0 Å². The first kappa shape index (κ1) is 6.01. The van der Waals surface area contributed by atoms with Gasteiger partial charge in [0, 0.05) is 0 Å². The molecule has 0 atom stereocenters. The lowest BCUT2D eigenvalue weighted by Gasteiger charge is -1.99. The van der Waals surface area contributed by atoms with Gasteiger partial charge in [-0.15, -0.1) is 0 Å². The lowest BCUT2D eigenvalue weighted by Crippen LogP contribution is -1.76. The second-order valence-corrected chi connectivity index (χ2v) is 3.04. The second kappa shape index (κ2) is 1.98. The van der Waals surface area contributed by atoms with E-state index in [4.69, 9.17) is 0 Å². The minimum Gasteiger partial charge on any atom is -0.0610 e. The molecule has 0 saturated heterocycles. The van der Waals surface area contributed by atoms with Crippen molar-refractivity contribution in [3.8, 4) is 0 Å². The van der Waals surface area contributed by atoms with Crippen molar-refractivity contribution >= 4 is 16.8 Å². The van der Waals surface area contributed by atoms with E-state index in [1.165, 1.54) is 21.9 Å². The standard InChI is InChI=1S/C12H7/c1-3-9-4-2-6-11-8-7-10(5-1)12(9)11/h1-7H. The largest absolute Gasteiger partial charge is 0.0610 e. The number of benzene rings is 2. The molecule has 2 aromatic carbocycles. The van der Waals surface area contributed by atoms with E-state index in [2.05, 4.69) is 48.6 Å². The Kier molecular flexibility index (Phi) is 0.991. The van der Waals surface area contributed by atoms with Crippen molar-refractivity contribution in [2.24, 2.45) is 0 Å². The third-order valence-electron chi connectivity index (χ3n) is 2.32. The van der Waals surface area contributed by atoms with Crippen LogP contribution in [0, 0.1) is 6.08 Å². The van der Waals surface area contributed by atoms with Crippen molar-refractivity contribution in [3.63, 3.8) is 0 Å². The molecule has 55 valence electrons. The summed E-state index contributed by atoms with van der Waals surface area (Å²) in [5.74, 6) is 0.